The predicted molar refractivity (Wildman–Crippen MR) is 200 cm³/mol. The summed E-state index contributed by atoms with van der Waals surface area (Å²) in [5, 5.41) is 29.2. The Balaban J connectivity index is 1.49. The van der Waals surface area contributed by atoms with Gasteiger partial charge in [-0.15, -0.1) is 0 Å². The lowest BCUT2D eigenvalue weighted by Crippen LogP contribution is -2.37. The van der Waals surface area contributed by atoms with Crippen LogP contribution in [0.4, 0.5) is 0 Å². The van der Waals surface area contributed by atoms with Gasteiger partial charge in [-0.2, -0.15) is 0 Å². The van der Waals surface area contributed by atoms with E-state index in [-0.39, 0.29) is 11.4 Å². The Morgan fingerprint density at radius 2 is 1.37 bits per heavy atom. The lowest BCUT2D eigenvalue weighted by Gasteiger charge is -2.38. The van der Waals surface area contributed by atoms with E-state index in [0.29, 0.717) is 23.5 Å². The van der Waals surface area contributed by atoms with E-state index < -0.39 is 44.1 Å². The summed E-state index contributed by atoms with van der Waals surface area (Å²) in [7, 11) is -5.00. The van der Waals surface area contributed by atoms with Gasteiger partial charge in [-0.3, -0.25) is 4.89 Å². The fourth-order valence-corrected chi connectivity index (χ4v) is 8.45. The third-order valence-electron chi connectivity index (χ3n) is 11.1. The molecular weight excluding hydrogens is 671 g/mol. The van der Waals surface area contributed by atoms with Crippen LogP contribution < -0.4 is 9.26 Å². The molecule has 2 heterocycles. The van der Waals surface area contributed by atoms with Gasteiger partial charge in [0.15, 0.2) is 11.9 Å². The number of carbonyl (C=O) groups is 1. The second kappa shape index (κ2) is 19.2. The Labute approximate surface area is 306 Å². The van der Waals surface area contributed by atoms with E-state index in [4.69, 9.17) is 23.6 Å². The molecule has 2 aliphatic heterocycles. The summed E-state index contributed by atoms with van der Waals surface area (Å²) >= 11 is 0. The third-order valence-corrected chi connectivity index (χ3v) is 11.9. The van der Waals surface area contributed by atoms with Crippen molar-refractivity contribution < 1.29 is 48.1 Å². The molecule has 0 bridgehead atoms. The van der Waals surface area contributed by atoms with Crippen LogP contribution in [0.3, 0.4) is 0 Å². The van der Waals surface area contributed by atoms with Gasteiger partial charge in [0.2, 0.25) is 0 Å². The molecular formula is C40H67O10P. The summed E-state index contributed by atoms with van der Waals surface area (Å²) in [5.41, 5.74) is 2.58. The number of aliphatic hydroxyl groups excluding tert-OH is 3. The van der Waals surface area contributed by atoms with Gasteiger partial charge in [-0.25, -0.2) is 9.36 Å². The Hall–Kier alpha value is -2.26. The molecule has 3 rings (SSSR count). The van der Waals surface area contributed by atoms with Crippen LogP contribution in [-0.2, 0) is 25.0 Å². The normalized spacial score (nSPS) is 22.5. The highest BCUT2D eigenvalue weighted by molar-refractivity contribution is 7.48. The van der Waals surface area contributed by atoms with Gasteiger partial charge >= 0.3 is 13.8 Å². The van der Waals surface area contributed by atoms with E-state index in [1.54, 1.807) is 13.8 Å². The molecule has 10 nitrogen and oxygen atoms in total. The standard InChI is InChI=1S/C40H67O10P/c1-25(2)14-10-15-26(3)16-11-17-27(4)18-12-19-28(5)20-13-22-40(9)23-21-32-31(8)35(29(6)30(7)36(32)48-40)49-51(45,46)50-38-34(43)37(33(42)24-41)47-39(38)44/h25-28,33,37,41-43H,10-24H2,1-9H3,(H,45,46)/t26?,27?,28?,33-,37+,40?/m0/s1. The molecule has 4 N–H and O–H groups in total. The van der Waals surface area contributed by atoms with Crippen molar-refractivity contribution in [3.63, 3.8) is 0 Å². The average Bonchev–Trinajstić information content (AvgIpc) is 3.33. The number of cyclic esters (lactones) is 1. The van der Waals surface area contributed by atoms with Crippen LogP contribution in [0.25, 0.3) is 0 Å². The molecule has 2 aliphatic rings. The highest BCUT2D eigenvalue weighted by Gasteiger charge is 2.45. The van der Waals surface area contributed by atoms with Crippen molar-refractivity contribution in [2.24, 2.45) is 23.7 Å². The first-order chi connectivity index (χ1) is 23.9. The minimum Gasteiger partial charge on any atom is -0.505 e. The number of rotatable bonds is 22. The van der Waals surface area contributed by atoms with Crippen LogP contribution in [0.15, 0.2) is 11.5 Å². The summed E-state index contributed by atoms with van der Waals surface area (Å²) in [6.07, 6.45) is 13.5. The van der Waals surface area contributed by atoms with E-state index in [1.165, 1.54) is 64.2 Å². The second-order valence-corrected chi connectivity index (χ2v) is 17.7. The Kier molecular flexibility index (Phi) is 16.2. The SMILES string of the molecule is Cc1c(C)c2c(c(C)c1OP(=O)(O)OC1=C(O)[C@@H]([C@@H](O)CO)OC1=O)CCC(C)(CCCC(C)CCCC(C)CCCC(C)CCCC(C)C)O2. The molecule has 0 saturated carbocycles. The number of phosphoric ester groups is 1. The molecule has 0 saturated heterocycles. The van der Waals surface area contributed by atoms with Crippen LogP contribution in [0.5, 0.6) is 11.5 Å². The van der Waals surface area contributed by atoms with Crippen molar-refractivity contribution in [1.29, 1.82) is 0 Å². The van der Waals surface area contributed by atoms with Gasteiger partial charge in [0.1, 0.15) is 23.2 Å². The highest BCUT2D eigenvalue weighted by atomic mass is 31.2. The molecule has 0 spiro atoms. The van der Waals surface area contributed by atoms with Gasteiger partial charge < -0.3 is 33.8 Å². The van der Waals surface area contributed by atoms with Crippen molar-refractivity contribution in [3.8, 4) is 11.5 Å². The first-order valence-corrected chi connectivity index (χ1v) is 20.8. The van der Waals surface area contributed by atoms with Crippen LogP contribution in [0.2, 0.25) is 0 Å². The van der Waals surface area contributed by atoms with Crippen molar-refractivity contribution in [2.45, 2.75) is 170 Å². The molecule has 1 aromatic rings. The zero-order chi connectivity index (χ0) is 38.1. The lowest BCUT2D eigenvalue weighted by atomic mass is 9.83. The molecule has 0 aromatic heterocycles. The zero-order valence-electron chi connectivity index (χ0n) is 32.8. The summed E-state index contributed by atoms with van der Waals surface area (Å²) in [5.74, 6) is 0.938. The minimum absolute atomic E-state index is 0.137. The van der Waals surface area contributed by atoms with E-state index in [9.17, 15) is 24.5 Å². The zero-order valence-corrected chi connectivity index (χ0v) is 33.7. The van der Waals surface area contributed by atoms with Crippen molar-refractivity contribution in [1.82, 2.24) is 0 Å². The number of ether oxygens (including phenoxy) is 2. The lowest BCUT2D eigenvalue weighted by molar-refractivity contribution is -0.147. The Morgan fingerprint density at radius 3 is 1.90 bits per heavy atom. The van der Waals surface area contributed by atoms with Gasteiger partial charge in [-0.05, 0) is 93.7 Å². The molecule has 11 heteroatoms. The Morgan fingerprint density at radius 1 is 0.843 bits per heavy atom. The number of hydrogen-bond acceptors (Lipinski definition) is 9. The molecule has 1 aromatic carbocycles. The first kappa shape index (κ1) is 43.1. The third kappa shape index (κ3) is 12.4. The topological polar surface area (TPSA) is 152 Å². The maximum Gasteiger partial charge on any atom is 0.585 e. The summed E-state index contributed by atoms with van der Waals surface area (Å²) in [6, 6.07) is 0. The highest BCUT2D eigenvalue weighted by Crippen LogP contribution is 2.52. The van der Waals surface area contributed by atoms with Crippen molar-refractivity contribution >= 4 is 13.8 Å². The van der Waals surface area contributed by atoms with Gasteiger partial charge in [0.25, 0.3) is 5.76 Å². The number of phosphoric acid groups is 1. The van der Waals surface area contributed by atoms with Crippen LogP contribution >= 0.6 is 7.82 Å². The molecule has 5 unspecified atom stereocenters. The van der Waals surface area contributed by atoms with E-state index >= 15 is 0 Å². The molecule has 0 radical (unpaired) electrons. The smallest absolute Gasteiger partial charge is 0.505 e. The van der Waals surface area contributed by atoms with Crippen LogP contribution in [0, 0.1) is 44.4 Å². The van der Waals surface area contributed by atoms with Crippen LogP contribution in [-0.4, -0.2) is 50.6 Å². The van der Waals surface area contributed by atoms with Crippen LogP contribution in [0.1, 0.15) is 147 Å². The molecule has 0 fully saturated rings. The first-order valence-electron chi connectivity index (χ1n) is 19.3. The molecule has 51 heavy (non-hydrogen) atoms. The van der Waals surface area contributed by atoms with Crippen molar-refractivity contribution in [2.75, 3.05) is 6.61 Å². The number of aliphatic hydroxyl groups is 3. The number of fused-ring (bicyclic) bond motifs is 1. The average molecular weight is 739 g/mol. The second-order valence-electron chi connectivity index (χ2n) is 16.4. The van der Waals surface area contributed by atoms with Gasteiger partial charge in [-0.1, -0.05) is 98.8 Å². The van der Waals surface area contributed by atoms with E-state index in [2.05, 4.69) is 41.5 Å². The fourth-order valence-electron chi connectivity index (χ4n) is 7.50. The fraction of sp³-hybridized carbons (Fsp3) is 0.775. The maximum atomic E-state index is 13.1. The summed E-state index contributed by atoms with van der Waals surface area (Å²) < 4.78 is 35.0. The molecule has 292 valence electrons. The maximum absolute atomic E-state index is 13.1. The quantitative estimate of drug-likeness (QED) is 0.0669. The number of hydrogen-bond donors (Lipinski definition) is 4. The van der Waals surface area contributed by atoms with E-state index in [0.717, 1.165) is 53.9 Å². The van der Waals surface area contributed by atoms with Gasteiger partial charge in [0, 0.05) is 5.56 Å². The number of benzene rings is 1. The van der Waals surface area contributed by atoms with E-state index in [1.807, 2.05) is 6.92 Å². The monoisotopic (exact) mass is 738 g/mol. The molecule has 0 amide bonds. The number of carbonyl (C=O) groups excluding carboxylic acids is 1. The minimum atomic E-state index is -5.00. The molecule has 0 aliphatic carbocycles. The summed E-state index contributed by atoms with van der Waals surface area (Å²) in [6.45, 7) is 18.6. The van der Waals surface area contributed by atoms with Crippen molar-refractivity contribution in [3.05, 3.63) is 33.8 Å². The molecule has 7 atom stereocenters. The number of esters is 1. The largest absolute Gasteiger partial charge is 0.585 e. The van der Waals surface area contributed by atoms with Gasteiger partial charge in [0.05, 0.1) is 6.61 Å². The Bertz CT molecular complexity index is 1390. The predicted octanol–water partition coefficient (Wildman–Crippen LogP) is 9.49. The summed E-state index contributed by atoms with van der Waals surface area (Å²) in [4.78, 5) is 22.8.